The number of ketones is 3. The molecule has 4 aliphatic rings. The largest absolute Gasteiger partial charge is 0.507 e. The Balaban J connectivity index is 0.000000141. The van der Waals surface area contributed by atoms with Gasteiger partial charge < -0.3 is 29.6 Å². The van der Waals surface area contributed by atoms with Gasteiger partial charge in [-0.05, 0) is 128 Å². The van der Waals surface area contributed by atoms with Gasteiger partial charge >= 0.3 is 0 Å². The number of hydrogen-bond acceptors (Lipinski definition) is 22. The Morgan fingerprint density at radius 1 is 0.504 bits per heavy atom. The zero-order valence-corrected chi connectivity index (χ0v) is 74.1. The molecule has 638 valence electrons. The number of rotatable bonds is 18. The first kappa shape index (κ1) is 90.5. The van der Waals surface area contributed by atoms with Crippen molar-refractivity contribution in [2.75, 3.05) is 124 Å². The number of anilines is 4. The van der Waals surface area contributed by atoms with Gasteiger partial charge in [-0.1, -0.05) is 138 Å². The highest BCUT2D eigenvalue weighted by Crippen LogP contribution is 2.44. The standard InChI is InChI=1S/C23H21Cl2N5O.C23H22Cl2N4O2.C23H23ClF2N4O2.C20H20Cl2N4O2S/c1-15(31)6-7-29-8-9-30(13-18(29)12-26)23-20-10-19(16-2-4-17(24)5-3-16)21(25)11-22(20)27-14-28-23;1-3-22(31)29-9-8-28(12-21(29)14(2)30)23-18-10-17(15-4-6-16(24)7-5-15)19(25)11-20(18)26-13-27-23;1-2-14(31)6-7-29-8-10-30(11-9-29)23-15-12-16(24)19(21(26)22(15)27-13-28-23)20-17(25)4-3-5-18(20)32;1-13-11-25(7-8-26(13)29(2,27)28)20-17-9-16(14-3-5-15(21)6-4-14)18(22)10-19(17)23-12-24-20/h2-5,10-11,14,18H,6-9,13H2,1H3;4-7,10-11,13,21H,3,8-9,12H2,1-2H3;3-5,12-13,32H,2,6-11H2,1H3;3-6,9-10,12-13H,7-8,11H2,1-2H3. The lowest BCUT2D eigenvalue weighted by atomic mass is 10.0. The van der Waals surface area contributed by atoms with E-state index in [2.05, 4.69) is 70.4 Å². The third-order valence-corrected chi connectivity index (χ3v) is 25.5. The van der Waals surface area contributed by atoms with Gasteiger partial charge in [0.2, 0.25) is 15.9 Å². The number of amides is 1. The number of carbonyl (C=O) groups is 4. The summed E-state index contributed by atoms with van der Waals surface area (Å²) in [5.41, 5.74) is 7.13. The maximum Gasteiger partial charge on any atom is 0.223 e. The van der Waals surface area contributed by atoms with Crippen LogP contribution >= 0.6 is 81.2 Å². The van der Waals surface area contributed by atoms with E-state index in [1.807, 2.05) is 135 Å². The van der Waals surface area contributed by atoms with Gasteiger partial charge in [0.05, 0.1) is 54.5 Å². The van der Waals surface area contributed by atoms with E-state index < -0.39 is 33.4 Å². The van der Waals surface area contributed by atoms with Gasteiger partial charge in [0.15, 0.2) is 11.6 Å². The van der Waals surface area contributed by atoms with Crippen LogP contribution in [0.3, 0.4) is 0 Å². The number of carbonyl (C=O) groups excluding carboxylic acids is 4. The smallest absolute Gasteiger partial charge is 0.223 e. The molecular weight excluding hydrogens is 1740 g/mol. The first-order valence-corrected chi connectivity index (χ1v) is 44.3. The van der Waals surface area contributed by atoms with Crippen molar-refractivity contribution in [1.29, 1.82) is 5.26 Å². The normalized spacial score (nSPS) is 16.6. The second-order valence-corrected chi connectivity index (χ2v) is 35.0. The minimum atomic E-state index is -3.23. The molecule has 4 fully saturated rings. The van der Waals surface area contributed by atoms with Crippen LogP contribution in [0, 0.1) is 23.0 Å². The molecule has 0 spiro atoms. The summed E-state index contributed by atoms with van der Waals surface area (Å²) in [4.78, 5) is 97.0. The fourth-order valence-corrected chi connectivity index (χ4v) is 18.3. The highest BCUT2D eigenvalue weighted by molar-refractivity contribution is 7.88. The lowest BCUT2D eigenvalue weighted by Gasteiger charge is -2.41. The summed E-state index contributed by atoms with van der Waals surface area (Å²) < 4.78 is 55.3. The molecule has 16 rings (SSSR count). The molecule has 0 radical (unpaired) electrons. The first-order chi connectivity index (χ1) is 59.0. The van der Waals surface area contributed by atoms with Crippen LogP contribution in [0.2, 0.25) is 35.2 Å². The maximum absolute atomic E-state index is 15.5. The van der Waals surface area contributed by atoms with E-state index in [9.17, 15) is 42.4 Å². The summed E-state index contributed by atoms with van der Waals surface area (Å²) in [6.45, 7) is 17.7. The van der Waals surface area contributed by atoms with Crippen molar-refractivity contribution in [2.45, 2.75) is 78.4 Å². The second-order valence-electron chi connectivity index (χ2n) is 30.2. The van der Waals surface area contributed by atoms with Crippen molar-refractivity contribution < 1.29 is 41.5 Å². The monoisotopic (exact) mass is 1820 g/mol. The van der Waals surface area contributed by atoms with Crippen molar-refractivity contribution in [3.63, 3.8) is 0 Å². The third kappa shape index (κ3) is 21.1. The molecule has 123 heavy (non-hydrogen) atoms. The van der Waals surface area contributed by atoms with E-state index in [0.717, 1.165) is 109 Å². The maximum atomic E-state index is 15.5. The Labute approximate surface area is 745 Å². The fourth-order valence-electron chi connectivity index (χ4n) is 15.7. The van der Waals surface area contributed by atoms with E-state index in [4.69, 9.17) is 81.2 Å². The molecule has 8 heterocycles. The summed E-state index contributed by atoms with van der Waals surface area (Å²) in [7, 11) is -3.23. The van der Waals surface area contributed by atoms with Crippen LogP contribution in [0.4, 0.5) is 32.1 Å². The van der Waals surface area contributed by atoms with Gasteiger partial charge in [-0.25, -0.2) is 57.1 Å². The summed E-state index contributed by atoms with van der Waals surface area (Å²) in [6, 6.07) is 40.6. The number of sulfonamides is 1. The van der Waals surface area contributed by atoms with Crippen LogP contribution in [0.15, 0.2) is 159 Å². The van der Waals surface area contributed by atoms with Crippen molar-refractivity contribution >= 4 is 181 Å². The average Bonchev–Trinajstić information content (AvgIpc) is 0.764. The molecule has 1 N–H and O–H groups in total. The fraction of sp³-hybridized carbons (Fsp3) is 0.315. The molecule has 1 amide bonds. The van der Waals surface area contributed by atoms with Crippen LogP contribution in [0.1, 0.15) is 60.3 Å². The molecule has 4 aliphatic heterocycles. The van der Waals surface area contributed by atoms with Gasteiger partial charge in [0, 0.05) is 189 Å². The lowest BCUT2D eigenvalue weighted by Crippen LogP contribution is -2.58. The molecule has 34 heteroatoms. The zero-order chi connectivity index (χ0) is 87.7. The van der Waals surface area contributed by atoms with Crippen LogP contribution < -0.4 is 19.6 Å². The Bertz CT molecular complexity index is 6110. The highest BCUT2D eigenvalue weighted by atomic mass is 35.5. The number of Topliss-reactive ketones (excluding diaryl/α,β-unsaturated/α-hetero) is 3. The quantitative estimate of drug-likeness (QED) is 0.0835. The predicted octanol–water partition coefficient (Wildman–Crippen LogP) is 17.7. The van der Waals surface area contributed by atoms with Crippen molar-refractivity contribution in [3.05, 3.63) is 206 Å². The molecule has 3 atom stereocenters. The number of aromatic nitrogens is 8. The number of halogens is 9. The molecule has 0 bridgehead atoms. The van der Waals surface area contributed by atoms with Crippen LogP contribution in [-0.4, -0.2) is 218 Å². The van der Waals surface area contributed by atoms with E-state index in [0.29, 0.717) is 146 Å². The number of nitriles is 1. The number of benzene rings is 8. The molecule has 4 aromatic heterocycles. The van der Waals surface area contributed by atoms with Crippen molar-refractivity contribution in [2.24, 2.45) is 0 Å². The third-order valence-electron chi connectivity index (χ3n) is 22.1. The lowest BCUT2D eigenvalue weighted by molar-refractivity contribution is -0.139. The Kier molecular flexibility index (Phi) is 29.6. The van der Waals surface area contributed by atoms with Crippen LogP contribution in [-0.2, 0) is 29.2 Å². The second kappa shape index (κ2) is 40.2. The highest BCUT2D eigenvalue weighted by Gasteiger charge is 2.36. The van der Waals surface area contributed by atoms with E-state index in [-0.39, 0.29) is 57.0 Å². The van der Waals surface area contributed by atoms with Crippen LogP contribution in [0.5, 0.6) is 5.75 Å². The topological polar surface area (TPSA) is 275 Å². The zero-order valence-electron chi connectivity index (χ0n) is 68.0. The molecule has 3 unspecified atom stereocenters. The molecule has 4 saturated heterocycles. The summed E-state index contributed by atoms with van der Waals surface area (Å²) in [6.07, 6.45) is 8.99. The first-order valence-electron chi connectivity index (χ1n) is 39.8. The van der Waals surface area contributed by atoms with Gasteiger partial charge in [-0.15, -0.1) is 0 Å². The SMILES string of the molecule is CC(=O)CCN1CCN(c2ncnc3cc(Cl)c(-c4ccc(Cl)cc4)cc23)CC1C#N.CC1CN(c2ncnc3cc(Cl)c(-c4ccc(Cl)cc4)cc23)CCN1S(C)(=O)=O.CCC(=O)CCN1CCN(c2ncnc3c(F)c(-c4c(O)cccc4F)c(Cl)cc23)CC1.CCC(=O)N1CCN(c2ncnc3cc(Cl)c(-c4ccc(Cl)cc4)cc23)CC1C(C)=O. The Hall–Kier alpha value is -10.2. The molecular formula is C89H86Cl7F2N17O7S. The Morgan fingerprint density at radius 3 is 1.41 bits per heavy atom. The van der Waals surface area contributed by atoms with E-state index in [1.165, 1.54) is 61.0 Å². The minimum absolute atomic E-state index is 0.00743. The van der Waals surface area contributed by atoms with Gasteiger partial charge in [-0.2, -0.15) is 9.57 Å². The number of piperazine rings is 4. The van der Waals surface area contributed by atoms with Crippen molar-refractivity contribution in [3.8, 4) is 56.3 Å². The number of aromatic hydroxyl groups is 1. The predicted molar refractivity (Wildman–Crippen MR) is 486 cm³/mol. The average molecular weight is 1820 g/mol. The number of fused-ring (bicyclic) bond motifs is 4. The van der Waals surface area contributed by atoms with Gasteiger partial charge in [0.1, 0.15) is 89.3 Å². The van der Waals surface area contributed by atoms with Gasteiger partial charge in [0.25, 0.3) is 0 Å². The Morgan fingerprint density at radius 2 is 0.959 bits per heavy atom. The number of hydrogen-bond donors (Lipinski definition) is 1. The molecule has 12 aromatic rings. The minimum Gasteiger partial charge on any atom is -0.507 e. The molecule has 0 saturated carbocycles. The molecule has 8 aromatic carbocycles. The van der Waals surface area contributed by atoms with E-state index in [1.54, 1.807) is 11.8 Å². The van der Waals surface area contributed by atoms with Gasteiger partial charge in [-0.3, -0.25) is 29.0 Å². The van der Waals surface area contributed by atoms with Crippen LogP contribution in [0.25, 0.3) is 88.1 Å². The number of phenolic OH excluding ortho intramolecular Hbond substituents is 1. The molecule has 24 nitrogen and oxygen atoms in total. The van der Waals surface area contributed by atoms with E-state index >= 15 is 4.39 Å². The summed E-state index contributed by atoms with van der Waals surface area (Å²) >= 11 is 44.1. The van der Waals surface area contributed by atoms with Crippen molar-refractivity contribution in [1.82, 2.24) is 58.9 Å². The number of phenols is 1. The molecule has 0 aliphatic carbocycles. The number of nitrogens with zero attached hydrogens (tertiary/aromatic N) is 17. The summed E-state index contributed by atoms with van der Waals surface area (Å²) in [5, 5.41) is 26.5. The summed E-state index contributed by atoms with van der Waals surface area (Å²) in [5.74, 6) is 1.17.